The van der Waals surface area contributed by atoms with Gasteiger partial charge in [-0.05, 0) is 80.3 Å². The molecule has 7 nitrogen and oxygen atoms in total. The highest BCUT2D eigenvalue weighted by molar-refractivity contribution is 7.89. The van der Waals surface area contributed by atoms with Crippen molar-refractivity contribution in [1.82, 2.24) is 4.72 Å². The van der Waals surface area contributed by atoms with Crippen LogP contribution in [-0.4, -0.2) is 52.7 Å². The number of sulfonamides is 1. The van der Waals surface area contributed by atoms with E-state index in [0.717, 1.165) is 0 Å². The molecule has 2 aromatic carbocycles. The molecule has 0 spiro atoms. The van der Waals surface area contributed by atoms with E-state index < -0.39 is 37.5 Å². The highest BCUT2D eigenvalue weighted by atomic mass is 32.2. The first-order valence-corrected chi connectivity index (χ1v) is 13.9. The molecule has 0 aliphatic rings. The molecule has 0 aromatic heterocycles. The lowest BCUT2D eigenvalue weighted by atomic mass is 9.80. The van der Waals surface area contributed by atoms with Crippen molar-refractivity contribution < 1.29 is 32.2 Å². The van der Waals surface area contributed by atoms with E-state index in [1.165, 1.54) is 48.5 Å². The number of ether oxygens (including phenoxy) is 1. The van der Waals surface area contributed by atoms with Gasteiger partial charge in [0, 0.05) is 6.61 Å². The van der Waals surface area contributed by atoms with Crippen LogP contribution in [0.1, 0.15) is 47.5 Å². The smallest absolute Gasteiger partial charge is 0.241 e. The number of benzene rings is 2. The Morgan fingerprint density at radius 2 is 1.47 bits per heavy atom. The van der Waals surface area contributed by atoms with Gasteiger partial charge in [0.1, 0.15) is 17.3 Å². The number of nitrogens with one attached hydrogen (secondary N) is 1. The first kappa shape index (κ1) is 28.4. The van der Waals surface area contributed by atoms with Gasteiger partial charge in [0.2, 0.25) is 10.0 Å². The molecule has 0 amide bonds. The van der Waals surface area contributed by atoms with Crippen molar-refractivity contribution >= 4 is 19.8 Å². The first-order valence-electron chi connectivity index (χ1n) is 11.2. The fourth-order valence-electron chi connectivity index (χ4n) is 3.33. The summed E-state index contributed by atoms with van der Waals surface area (Å²) in [4.78, 5) is -0.00959. The van der Waals surface area contributed by atoms with Crippen LogP contribution in [0.3, 0.4) is 0 Å². The van der Waals surface area contributed by atoms with Crippen molar-refractivity contribution in [2.24, 2.45) is 0 Å². The van der Waals surface area contributed by atoms with Gasteiger partial charge in [0.15, 0.2) is 9.76 Å². The van der Waals surface area contributed by atoms with Crippen molar-refractivity contribution in [2.45, 2.75) is 68.5 Å². The molecule has 1 atom stereocenters. The standard InChI is InChI=1S/C24H36FNO6SSi/c1-22(2,3)34-32-23(4,5)24(17-28,15-6-16-27)26-33(29,30)21-13-11-20(12-14-21)31-19-9-7-18(25)8-10-19/h7-14,26-28H,6,15-17,34H2,1-5H3. The van der Waals surface area contributed by atoms with E-state index in [1.807, 2.05) is 0 Å². The van der Waals surface area contributed by atoms with Gasteiger partial charge in [-0.2, -0.15) is 4.72 Å². The molecule has 1 unspecified atom stereocenters. The molecule has 0 fully saturated rings. The Labute approximate surface area is 204 Å². The summed E-state index contributed by atoms with van der Waals surface area (Å²) in [6.07, 6.45) is 0.480. The third kappa shape index (κ3) is 7.59. The Morgan fingerprint density at radius 1 is 0.941 bits per heavy atom. The molecule has 3 N–H and O–H groups in total. The quantitative estimate of drug-likeness (QED) is 0.375. The molecule has 10 heteroatoms. The van der Waals surface area contributed by atoms with E-state index in [0.29, 0.717) is 11.5 Å². The van der Waals surface area contributed by atoms with Crippen molar-refractivity contribution in [3.63, 3.8) is 0 Å². The molecular weight excluding hydrogens is 477 g/mol. The Bertz CT molecular complexity index is 1020. The largest absolute Gasteiger partial charge is 0.457 e. The molecule has 0 saturated heterocycles. The summed E-state index contributed by atoms with van der Waals surface area (Å²) in [5.74, 6) is 0.421. The van der Waals surface area contributed by atoms with Crippen LogP contribution in [-0.2, 0) is 14.4 Å². The van der Waals surface area contributed by atoms with Crippen LogP contribution in [0.25, 0.3) is 0 Å². The minimum absolute atomic E-state index is 0.00959. The highest BCUT2D eigenvalue weighted by Gasteiger charge is 2.48. The van der Waals surface area contributed by atoms with Gasteiger partial charge >= 0.3 is 0 Å². The molecule has 0 heterocycles. The maximum atomic E-state index is 13.3. The Balaban J connectivity index is 2.29. The van der Waals surface area contributed by atoms with Crippen molar-refractivity contribution in [2.75, 3.05) is 13.2 Å². The zero-order valence-electron chi connectivity index (χ0n) is 20.5. The summed E-state index contributed by atoms with van der Waals surface area (Å²) in [6, 6.07) is 11.3. The van der Waals surface area contributed by atoms with Crippen molar-refractivity contribution in [3.8, 4) is 11.5 Å². The molecule has 34 heavy (non-hydrogen) atoms. The maximum absolute atomic E-state index is 13.3. The van der Waals surface area contributed by atoms with Gasteiger partial charge in [0.05, 0.1) is 22.6 Å². The van der Waals surface area contributed by atoms with E-state index in [4.69, 9.17) is 9.16 Å². The van der Waals surface area contributed by atoms with Crippen LogP contribution < -0.4 is 9.46 Å². The van der Waals surface area contributed by atoms with Crippen LogP contribution in [0.5, 0.6) is 11.5 Å². The summed E-state index contributed by atoms with van der Waals surface area (Å²) in [7, 11) is -5.12. The summed E-state index contributed by atoms with van der Waals surface area (Å²) >= 11 is 0. The molecular formula is C24H36FNO6SSi. The third-order valence-corrected chi connectivity index (χ3v) is 8.85. The zero-order valence-corrected chi connectivity index (χ0v) is 22.7. The van der Waals surface area contributed by atoms with E-state index in [2.05, 4.69) is 25.5 Å². The fraction of sp³-hybridized carbons (Fsp3) is 0.500. The van der Waals surface area contributed by atoms with Crippen LogP contribution in [0.2, 0.25) is 5.04 Å². The second-order valence-corrected chi connectivity index (χ2v) is 14.4. The molecule has 0 saturated carbocycles. The number of aliphatic hydroxyl groups excluding tert-OH is 2. The predicted molar refractivity (Wildman–Crippen MR) is 133 cm³/mol. The number of aliphatic hydroxyl groups is 2. The van der Waals surface area contributed by atoms with E-state index in [9.17, 15) is 23.0 Å². The number of hydrogen-bond acceptors (Lipinski definition) is 6. The van der Waals surface area contributed by atoms with Crippen molar-refractivity contribution in [3.05, 3.63) is 54.3 Å². The lowest BCUT2D eigenvalue weighted by Gasteiger charge is -2.47. The maximum Gasteiger partial charge on any atom is 0.241 e. The van der Waals surface area contributed by atoms with Gasteiger partial charge in [-0.25, -0.2) is 12.8 Å². The lowest BCUT2D eigenvalue weighted by molar-refractivity contribution is -0.0253. The van der Waals surface area contributed by atoms with Crippen molar-refractivity contribution in [1.29, 1.82) is 0 Å². The lowest BCUT2D eigenvalue weighted by Crippen LogP contribution is -2.65. The normalized spacial score (nSPS) is 14.9. The Morgan fingerprint density at radius 3 is 1.94 bits per heavy atom. The van der Waals surface area contributed by atoms with Crippen LogP contribution >= 0.6 is 0 Å². The fourth-order valence-corrected chi connectivity index (χ4v) is 5.94. The average molecular weight is 514 g/mol. The van der Waals surface area contributed by atoms with Gasteiger partial charge in [-0.15, -0.1) is 0 Å². The van der Waals surface area contributed by atoms with Crippen LogP contribution in [0.4, 0.5) is 4.39 Å². The molecule has 2 aromatic rings. The average Bonchev–Trinajstić information content (AvgIpc) is 2.76. The van der Waals surface area contributed by atoms with E-state index in [-0.39, 0.29) is 35.2 Å². The SMILES string of the molecule is CC(C)(C)[SiH2]OC(C)(C)C(CO)(CCCO)NS(=O)(=O)c1ccc(Oc2ccc(F)cc2)cc1. The van der Waals surface area contributed by atoms with Gasteiger partial charge in [-0.1, -0.05) is 20.8 Å². The minimum Gasteiger partial charge on any atom is -0.457 e. The molecule has 0 aliphatic carbocycles. The molecule has 190 valence electrons. The van der Waals surface area contributed by atoms with Gasteiger partial charge < -0.3 is 19.4 Å². The summed E-state index contributed by atoms with van der Waals surface area (Å²) in [5.41, 5.74) is -2.36. The second-order valence-electron chi connectivity index (χ2n) is 10.1. The number of rotatable bonds is 12. The van der Waals surface area contributed by atoms with Gasteiger partial charge in [0.25, 0.3) is 0 Å². The monoisotopic (exact) mass is 513 g/mol. The molecule has 0 radical (unpaired) electrons. The summed E-state index contributed by atoms with van der Waals surface area (Å²) < 4.78 is 54.3. The number of hydrogen-bond donors (Lipinski definition) is 3. The van der Waals surface area contributed by atoms with Crippen LogP contribution in [0, 0.1) is 5.82 Å². The molecule has 0 aliphatic heterocycles. The second kappa shape index (κ2) is 11.3. The van der Waals surface area contributed by atoms with E-state index >= 15 is 0 Å². The highest BCUT2D eigenvalue weighted by Crippen LogP contribution is 2.34. The molecule has 2 rings (SSSR count). The third-order valence-electron chi connectivity index (χ3n) is 5.56. The summed E-state index contributed by atoms with van der Waals surface area (Å²) in [5, 5.41) is 19.8. The van der Waals surface area contributed by atoms with Crippen LogP contribution in [0.15, 0.2) is 53.4 Å². The Hall–Kier alpha value is -1.82. The first-order chi connectivity index (χ1) is 15.7. The van der Waals surface area contributed by atoms with Gasteiger partial charge in [-0.3, -0.25) is 0 Å². The Kier molecular flexibility index (Phi) is 9.42. The number of halogens is 1. The minimum atomic E-state index is -4.05. The topological polar surface area (TPSA) is 105 Å². The van der Waals surface area contributed by atoms with E-state index in [1.54, 1.807) is 13.8 Å². The predicted octanol–water partition coefficient (Wildman–Crippen LogP) is 3.50. The molecule has 0 bridgehead atoms. The zero-order chi connectivity index (χ0) is 25.6. The summed E-state index contributed by atoms with van der Waals surface area (Å²) in [6.45, 7) is 9.06.